The number of likely N-dealkylation sites (tertiary alicyclic amines) is 1. The van der Waals surface area contributed by atoms with Gasteiger partial charge in [-0.3, -0.25) is 9.59 Å². The topological polar surface area (TPSA) is 58.6 Å². The molecule has 1 fully saturated rings. The number of nitrogens with one attached hydrogen (secondary N) is 1. The summed E-state index contributed by atoms with van der Waals surface area (Å²) in [6, 6.07) is 12.7. The quantitative estimate of drug-likeness (QED) is 0.907. The third kappa shape index (κ3) is 3.96. The first-order valence-electron chi connectivity index (χ1n) is 8.03. The molecular weight excluding hydrogens is 323 g/mol. The van der Waals surface area contributed by atoms with Crippen LogP contribution in [-0.4, -0.2) is 36.4 Å². The molecule has 0 unspecified atom stereocenters. The second-order valence-electron chi connectivity index (χ2n) is 5.98. The van der Waals surface area contributed by atoms with Gasteiger partial charge in [0.25, 0.3) is 5.91 Å². The second kappa shape index (κ2) is 7.34. The van der Waals surface area contributed by atoms with Gasteiger partial charge in [0.05, 0.1) is 18.7 Å². The van der Waals surface area contributed by atoms with Crippen molar-refractivity contribution in [3.8, 4) is 5.75 Å². The van der Waals surface area contributed by atoms with Gasteiger partial charge in [-0.05, 0) is 29.8 Å². The highest BCUT2D eigenvalue weighted by Gasteiger charge is 2.31. The maximum atomic E-state index is 13.0. The zero-order chi connectivity index (χ0) is 17.8. The summed E-state index contributed by atoms with van der Waals surface area (Å²) in [5, 5.41) is 2.88. The molecule has 2 aromatic carbocycles. The third-order valence-electron chi connectivity index (χ3n) is 4.19. The van der Waals surface area contributed by atoms with Gasteiger partial charge in [0.1, 0.15) is 11.6 Å². The molecule has 6 heteroatoms. The van der Waals surface area contributed by atoms with Crippen LogP contribution in [0.4, 0.5) is 4.39 Å². The van der Waals surface area contributed by atoms with E-state index in [0.29, 0.717) is 24.4 Å². The first kappa shape index (κ1) is 17.0. The highest BCUT2D eigenvalue weighted by molar-refractivity contribution is 5.97. The normalized spacial score (nSPS) is 16.8. The summed E-state index contributed by atoms with van der Waals surface area (Å²) in [6.45, 7) is 0.831. The Morgan fingerprint density at radius 3 is 2.68 bits per heavy atom. The van der Waals surface area contributed by atoms with E-state index < -0.39 is 0 Å². The first-order chi connectivity index (χ1) is 12.1. The summed E-state index contributed by atoms with van der Waals surface area (Å²) >= 11 is 0. The minimum atomic E-state index is -0.307. The van der Waals surface area contributed by atoms with Crippen molar-refractivity contribution in [1.82, 2.24) is 10.2 Å². The van der Waals surface area contributed by atoms with Crippen molar-refractivity contribution in [2.24, 2.45) is 0 Å². The molecule has 1 N–H and O–H groups in total. The van der Waals surface area contributed by atoms with E-state index >= 15 is 0 Å². The van der Waals surface area contributed by atoms with Crippen molar-refractivity contribution in [3.63, 3.8) is 0 Å². The van der Waals surface area contributed by atoms with Crippen LogP contribution in [0.25, 0.3) is 0 Å². The number of hydrogen-bond donors (Lipinski definition) is 1. The Labute approximate surface area is 145 Å². The van der Waals surface area contributed by atoms with E-state index in [2.05, 4.69) is 5.32 Å². The predicted molar refractivity (Wildman–Crippen MR) is 90.7 cm³/mol. The summed E-state index contributed by atoms with van der Waals surface area (Å²) in [7, 11) is 1.51. The standard InChI is InChI=1S/C19H19FN2O3/c1-25-17-5-3-2-4-16(17)19(24)21-15-10-18(23)22(12-15)11-13-6-8-14(20)9-7-13/h2-9,15H,10-12H2,1H3,(H,21,24)/t15-/m1/s1. The van der Waals surface area contributed by atoms with Crippen LogP contribution < -0.4 is 10.1 Å². The van der Waals surface area contributed by atoms with Crippen LogP contribution in [0.1, 0.15) is 22.3 Å². The second-order valence-corrected chi connectivity index (χ2v) is 5.98. The number of amides is 2. The van der Waals surface area contributed by atoms with Crippen molar-refractivity contribution in [2.75, 3.05) is 13.7 Å². The predicted octanol–water partition coefficient (Wildman–Crippen LogP) is 2.37. The molecule has 1 aliphatic heterocycles. The van der Waals surface area contributed by atoms with Crippen LogP contribution in [0.5, 0.6) is 5.75 Å². The Morgan fingerprint density at radius 1 is 1.24 bits per heavy atom. The fourth-order valence-corrected chi connectivity index (χ4v) is 2.93. The van der Waals surface area contributed by atoms with Crippen LogP contribution in [0.2, 0.25) is 0 Å². The average molecular weight is 342 g/mol. The zero-order valence-electron chi connectivity index (χ0n) is 13.9. The lowest BCUT2D eigenvalue weighted by Gasteiger charge is -2.17. The van der Waals surface area contributed by atoms with Gasteiger partial charge < -0.3 is 15.0 Å². The van der Waals surface area contributed by atoms with Crippen LogP contribution in [0.3, 0.4) is 0 Å². The van der Waals surface area contributed by atoms with E-state index in [1.807, 2.05) is 0 Å². The Hall–Kier alpha value is -2.89. The lowest BCUT2D eigenvalue weighted by Crippen LogP contribution is -2.37. The minimum Gasteiger partial charge on any atom is -0.496 e. The number of benzene rings is 2. The molecule has 1 saturated heterocycles. The van der Waals surface area contributed by atoms with Gasteiger partial charge in [-0.1, -0.05) is 24.3 Å². The SMILES string of the molecule is COc1ccccc1C(=O)N[C@@H]1CC(=O)N(Cc2ccc(F)cc2)C1. The number of methoxy groups -OCH3 is 1. The Bertz CT molecular complexity index is 776. The minimum absolute atomic E-state index is 0.0327. The van der Waals surface area contributed by atoms with Crippen LogP contribution in [0.15, 0.2) is 48.5 Å². The van der Waals surface area contributed by atoms with E-state index in [9.17, 15) is 14.0 Å². The van der Waals surface area contributed by atoms with Crippen LogP contribution in [-0.2, 0) is 11.3 Å². The number of ether oxygens (including phenoxy) is 1. The smallest absolute Gasteiger partial charge is 0.255 e. The first-order valence-corrected chi connectivity index (χ1v) is 8.03. The Balaban J connectivity index is 1.62. The van der Waals surface area contributed by atoms with E-state index in [0.717, 1.165) is 5.56 Å². The molecule has 25 heavy (non-hydrogen) atoms. The maximum absolute atomic E-state index is 13.0. The highest BCUT2D eigenvalue weighted by Crippen LogP contribution is 2.19. The molecule has 1 heterocycles. The summed E-state index contributed by atoms with van der Waals surface area (Å²) in [5.74, 6) is -0.112. The molecule has 0 saturated carbocycles. The number of carbonyl (C=O) groups is 2. The fraction of sp³-hybridized carbons (Fsp3) is 0.263. The number of rotatable bonds is 5. The van der Waals surface area contributed by atoms with Crippen LogP contribution in [0, 0.1) is 5.82 Å². The molecule has 130 valence electrons. The lowest BCUT2D eigenvalue weighted by atomic mass is 10.1. The molecule has 0 bridgehead atoms. The van der Waals surface area contributed by atoms with Crippen molar-refractivity contribution in [2.45, 2.75) is 19.0 Å². The van der Waals surface area contributed by atoms with Gasteiger partial charge in [-0.25, -0.2) is 4.39 Å². The van der Waals surface area contributed by atoms with Crippen molar-refractivity contribution < 1.29 is 18.7 Å². The molecule has 5 nitrogen and oxygen atoms in total. The van der Waals surface area contributed by atoms with E-state index in [-0.39, 0.29) is 30.1 Å². The molecular formula is C19H19FN2O3. The number of nitrogens with zero attached hydrogens (tertiary/aromatic N) is 1. The summed E-state index contributed by atoms with van der Waals surface area (Å²) in [6.07, 6.45) is 0.252. The van der Waals surface area contributed by atoms with Gasteiger partial charge in [0, 0.05) is 19.5 Å². The van der Waals surface area contributed by atoms with E-state index in [1.54, 1.807) is 41.3 Å². The number of carbonyl (C=O) groups excluding carboxylic acids is 2. The molecule has 0 spiro atoms. The molecule has 0 aliphatic carbocycles. The van der Waals surface area contributed by atoms with Crippen molar-refractivity contribution in [3.05, 3.63) is 65.5 Å². The Morgan fingerprint density at radius 2 is 1.96 bits per heavy atom. The van der Waals surface area contributed by atoms with Crippen molar-refractivity contribution >= 4 is 11.8 Å². The largest absolute Gasteiger partial charge is 0.496 e. The molecule has 0 radical (unpaired) electrons. The maximum Gasteiger partial charge on any atom is 0.255 e. The third-order valence-corrected chi connectivity index (χ3v) is 4.19. The highest BCUT2D eigenvalue weighted by atomic mass is 19.1. The van der Waals surface area contributed by atoms with Gasteiger partial charge in [-0.2, -0.15) is 0 Å². The molecule has 2 aromatic rings. The molecule has 0 aromatic heterocycles. The molecule has 2 amide bonds. The van der Waals surface area contributed by atoms with Gasteiger partial charge >= 0.3 is 0 Å². The summed E-state index contributed by atoms with van der Waals surface area (Å²) in [4.78, 5) is 26.3. The van der Waals surface area contributed by atoms with Gasteiger partial charge in [0.15, 0.2) is 0 Å². The van der Waals surface area contributed by atoms with Crippen molar-refractivity contribution in [1.29, 1.82) is 0 Å². The van der Waals surface area contributed by atoms with E-state index in [1.165, 1.54) is 19.2 Å². The lowest BCUT2D eigenvalue weighted by molar-refractivity contribution is -0.128. The summed E-state index contributed by atoms with van der Waals surface area (Å²) < 4.78 is 18.2. The number of halogens is 1. The molecule has 1 aliphatic rings. The van der Waals surface area contributed by atoms with Gasteiger partial charge in [0.2, 0.25) is 5.91 Å². The van der Waals surface area contributed by atoms with Gasteiger partial charge in [-0.15, -0.1) is 0 Å². The number of hydrogen-bond acceptors (Lipinski definition) is 3. The zero-order valence-corrected chi connectivity index (χ0v) is 13.9. The Kier molecular flexibility index (Phi) is 4.97. The van der Waals surface area contributed by atoms with Crippen LogP contribution >= 0.6 is 0 Å². The monoisotopic (exact) mass is 342 g/mol. The summed E-state index contributed by atoms with van der Waals surface area (Å²) in [5.41, 5.74) is 1.29. The fourth-order valence-electron chi connectivity index (χ4n) is 2.93. The molecule has 3 rings (SSSR count). The van der Waals surface area contributed by atoms with E-state index in [4.69, 9.17) is 4.74 Å². The average Bonchev–Trinajstić information content (AvgIpc) is 2.96. The number of para-hydroxylation sites is 1. The molecule has 1 atom stereocenters.